The fourth-order valence-corrected chi connectivity index (χ4v) is 3.73. The number of ketones is 1. The lowest BCUT2D eigenvalue weighted by molar-refractivity contribution is -0.186. The van der Waals surface area contributed by atoms with Crippen LogP contribution < -0.4 is 0 Å². The Balaban J connectivity index is 1.58. The van der Waals surface area contributed by atoms with E-state index < -0.39 is 23.5 Å². The predicted molar refractivity (Wildman–Crippen MR) is 88.8 cm³/mol. The molecule has 0 radical (unpaired) electrons. The van der Waals surface area contributed by atoms with Gasteiger partial charge in [0, 0.05) is 12.8 Å². The lowest BCUT2D eigenvalue weighted by Gasteiger charge is -2.37. The molecule has 6 nitrogen and oxygen atoms in total. The van der Waals surface area contributed by atoms with Gasteiger partial charge in [0.05, 0.1) is 32.3 Å². The predicted octanol–water partition coefficient (Wildman–Crippen LogP) is 2.41. The molecule has 1 unspecified atom stereocenters. The van der Waals surface area contributed by atoms with Gasteiger partial charge < -0.3 is 19.3 Å². The fourth-order valence-electron chi connectivity index (χ4n) is 3.73. The molecular formula is C19H24O6. The van der Waals surface area contributed by atoms with E-state index in [9.17, 15) is 9.59 Å². The summed E-state index contributed by atoms with van der Waals surface area (Å²) in [6.07, 6.45) is 2.80. The molecule has 6 heteroatoms. The maximum atomic E-state index is 12.2. The summed E-state index contributed by atoms with van der Waals surface area (Å²) >= 11 is 0. The Hall–Kier alpha value is -1.76. The highest BCUT2D eigenvalue weighted by atomic mass is 16.7. The molecule has 1 aliphatic carbocycles. The van der Waals surface area contributed by atoms with Gasteiger partial charge in [-0.25, -0.2) is 4.79 Å². The molecule has 0 aromatic heterocycles. The summed E-state index contributed by atoms with van der Waals surface area (Å²) in [7, 11) is 0. The fraction of sp³-hybridized carbons (Fsp3) is 0.579. The quantitative estimate of drug-likeness (QED) is 0.762. The van der Waals surface area contributed by atoms with E-state index in [1.54, 1.807) is 0 Å². The second kappa shape index (κ2) is 8.08. The number of aliphatic carboxylic acids is 1. The van der Waals surface area contributed by atoms with Gasteiger partial charge in [-0.1, -0.05) is 30.3 Å². The van der Waals surface area contributed by atoms with Gasteiger partial charge in [0.25, 0.3) is 0 Å². The largest absolute Gasteiger partial charge is 0.475 e. The highest BCUT2D eigenvalue weighted by Crippen LogP contribution is 2.41. The van der Waals surface area contributed by atoms with Crippen LogP contribution in [0.15, 0.2) is 30.3 Å². The van der Waals surface area contributed by atoms with Crippen molar-refractivity contribution in [3.63, 3.8) is 0 Å². The van der Waals surface area contributed by atoms with Crippen molar-refractivity contribution >= 4 is 11.8 Å². The van der Waals surface area contributed by atoms with Crippen molar-refractivity contribution in [1.82, 2.24) is 0 Å². The Labute approximate surface area is 147 Å². The smallest absolute Gasteiger partial charge is 0.372 e. The second-order valence-corrected chi connectivity index (χ2v) is 6.72. The number of Topliss-reactive ketones (excluding diaryl/α,β-unsaturated/α-hetero) is 1. The van der Waals surface area contributed by atoms with Crippen molar-refractivity contribution in [3.05, 3.63) is 35.9 Å². The van der Waals surface area contributed by atoms with Crippen LogP contribution in [0.3, 0.4) is 0 Å². The SMILES string of the molecule is O=C(O)C(=O)C(COCc1ccccc1)C1CCC2(CC1)OCCO2. The third-order valence-corrected chi connectivity index (χ3v) is 5.13. The Kier molecular flexibility index (Phi) is 5.83. The lowest BCUT2D eigenvalue weighted by atomic mass is 9.76. The Morgan fingerprint density at radius 2 is 1.80 bits per heavy atom. The number of carboxylic acid groups (broad SMARTS) is 1. The number of hydrogen-bond donors (Lipinski definition) is 1. The molecule has 1 N–H and O–H groups in total. The van der Waals surface area contributed by atoms with Gasteiger partial charge in [-0.3, -0.25) is 4.79 Å². The van der Waals surface area contributed by atoms with E-state index in [1.165, 1.54) is 0 Å². The first-order valence-corrected chi connectivity index (χ1v) is 8.76. The molecule has 1 aromatic carbocycles. The van der Waals surface area contributed by atoms with Crippen LogP contribution in [-0.4, -0.2) is 42.5 Å². The molecule has 1 atom stereocenters. The van der Waals surface area contributed by atoms with Gasteiger partial charge in [-0.15, -0.1) is 0 Å². The highest BCUT2D eigenvalue weighted by Gasteiger charge is 2.44. The molecule has 0 bridgehead atoms. The van der Waals surface area contributed by atoms with Crippen LogP contribution in [0.2, 0.25) is 0 Å². The van der Waals surface area contributed by atoms with Gasteiger partial charge in [0.1, 0.15) is 0 Å². The first-order valence-electron chi connectivity index (χ1n) is 8.76. The minimum absolute atomic E-state index is 0.0159. The minimum atomic E-state index is -1.39. The normalized spacial score (nSPS) is 21.3. The van der Waals surface area contributed by atoms with Crippen molar-refractivity contribution in [1.29, 1.82) is 0 Å². The first kappa shape index (κ1) is 18.0. The molecule has 3 rings (SSSR count). The number of carbonyl (C=O) groups is 2. The van der Waals surface area contributed by atoms with E-state index in [0.717, 1.165) is 5.56 Å². The van der Waals surface area contributed by atoms with Crippen molar-refractivity contribution in [2.45, 2.75) is 38.1 Å². The van der Waals surface area contributed by atoms with Gasteiger partial charge >= 0.3 is 5.97 Å². The van der Waals surface area contributed by atoms with Crippen LogP contribution in [-0.2, 0) is 30.4 Å². The van der Waals surface area contributed by atoms with Gasteiger partial charge in [0.2, 0.25) is 5.78 Å². The Morgan fingerprint density at radius 1 is 1.16 bits per heavy atom. The van der Waals surface area contributed by atoms with Gasteiger partial charge in [-0.05, 0) is 24.3 Å². The van der Waals surface area contributed by atoms with E-state index in [2.05, 4.69) is 0 Å². The average Bonchev–Trinajstić information content (AvgIpc) is 3.08. The summed E-state index contributed by atoms with van der Waals surface area (Å²) in [5.74, 6) is -3.31. The van der Waals surface area contributed by atoms with E-state index in [-0.39, 0.29) is 12.5 Å². The molecule has 2 fully saturated rings. The summed E-state index contributed by atoms with van der Waals surface area (Å²) in [6, 6.07) is 9.63. The van der Waals surface area contributed by atoms with Crippen LogP contribution in [0.25, 0.3) is 0 Å². The number of ether oxygens (including phenoxy) is 3. The molecule has 2 aliphatic rings. The Morgan fingerprint density at radius 3 is 2.40 bits per heavy atom. The van der Waals surface area contributed by atoms with Gasteiger partial charge in [0.15, 0.2) is 5.79 Å². The van der Waals surface area contributed by atoms with Crippen LogP contribution >= 0.6 is 0 Å². The van der Waals surface area contributed by atoms with Crippen molar-refractivity contribution in [3.8, 4) is 0 Å². The summed E-state index contributed by atoms with van der Waals surface area (Å²) in [5, 5.41) is 9.15. The number of carbonyl (C=O) groups excluding carboxylic acids is 1. The van der Waals surface area contributed by atoms with E-state index in [1.807, 2.05) is 30.3 Å². The first-order chi connectivity index (χ1) is 12.1. The zero-order valence-corrected chi connectivity index (χ0v) is 14.2. The summed E-state index contributed by atoms with van der Waals surface area (Å²) in [5.41, 5.74) is 0.999. The third-order valence-electron chi connectivity index (χ3n) is 5.13. The molecule has 1 aromatic rings. The monoisotopic (exact) mass is 348 g/mol. The van der Waals surface area contributed by atoms with Crippen LogP contribution in [0, 0.1) is 11.8 Å². The molecule has 25 heavy (non-hydrogen) atoms. The third kappa shape index (κ3) is 4.45. The molecule has 136 valence electrons. The van der Waals surface area contributed by atoms with Crippen molar-refractivity contribution in [2.24, 2.45) is 11.8 Å². The van der Waals surface area contributed by atoms with Crippen LogP contribution in [0.4, 0.5) is 0 Å². The number of benzene rings is 1. The second-order valence-electron chi connectivity index (χ2n) is 6.72. The molecule has 1 saturated heterocycles. The van der Waals surface area contributed by atoms with Crippen LogP contribution in [0.5, 0.6) is 0 Å². The zero-order valence-electron chi connectivity index (χ0n) is 14.2. The standard InChI is InChI=1S/C19H24O6/c20-17(18(21)22)16(13-23-12-14-4-2-1-3-5-14)15-6-8-19(9-7-15)24-10-11-25-19/h1-5,15-16H,6-13H2,(H,21,22). The zero-order chi connectivity index (χ0) is 17.7. The maximum Gasteiger partial charge on any atom is 0.372 e. The maximum absolute atomic E-state index is 12.2. The lowest BCUT2D eigenvalue weighted by Crippen LogP contribution is -2.41. The number of rotatable bonds is 7. The van der Waals surface area contributed by atoms with E-state index in [4.69, 9.17) is 19.3 Å². The number of carboxylic acids is 1. The molecular weight excluding hydrogens is 324 g/mol. The highest BCUT2D eigenvalue weighted by molar-refractivity contribution is 6.33. The molecule has 1 spiro atoms. The van der Waals surface area contributed by atoms with Crippen LogP contribution in [0.1, 0.15) is 31.2 Å². The minimum Gasteiger partial charge on any atom is -0.475 e. The summed E-state index contributed by atoms with van der Waals surface area (Å²) in [4.78, 5) is 23.4. The molecule has 0 amide bonds. The van der Waals surface area contributed by atoms with E-state index >= 15 is 0 Å². The summed E-state index contributed by atoms with van der Waals surface area (Å²) in [6.45, 7) is 1.69. The Bertz CT molecular complexity index is 583. The van der Waals surface area contributed by atoms with Gasteiger partial charge in [-0.2, -0.15) is 0 Å². The van der Waals surface area contributed by atoms with Crippen molar-refractivity contribution in [2.75, 3.05) is 19.8 Å². The molecule has 1 aliphatic heterocycles. The summed E-state index contributed by atoms with van der Waals surface area (Å²) < 4.78 is 17.1. The van der Waals surface area contributed by atoms with Crippen molar-refractivity contribution < 1.29 is 28.9 Å². The molecule has 1 saturated carbocycles. The number of hydrogen-bond acceptors (Lipinski definition) is 5. The topological polar surface area (TPSA) is 82.1 Å². The molecule has 1 heterocycles. The van der Waals surface area contributed by atoms with E-state index in [0.29, 0.717) is 45.5 Å². The average molecular weight is 348 g/mol.